The molecule has 0 unspecified atom stereocenters. The zero-order valence-corrected chi connectivity index (χ0v) is 27.4. The number of benzene rings is 1. The van der Waals surface area contributed by atoms with Crippen LogP contribution >= 0.6 is 11.6 Å². The van der Waals surface area contributed by atoms with Crippen LogP contribution in [0.1, 0.15) is 60.7 Å². The first kappa shape index (κ1) is 33.8. The number of alkyl halides is 1. The summed E-state index contributed by atoms with van der Waals surface area (Å²) in [5.74, 6) is 0.0569. The number of hydrogen-bond donors (Lipinski definition) is 2. The normalized spacial score (nSPS) is 14.3. The summed E-state index contributed by atoms with van der Waals surface area (Å²) in [5, 5.41) is 7.28. The van der Waals surface area contributed by atoms with E-state index in [1.54, 1.807) is 33.9 Å². The van der Waals surface area contributed by atoms with Crippen molar-refractivity contribution in [2.75, 3.05) is 50.5 Å². The lowest BCUT2D eigenvalue weighted by atomic mass is 10.1. The molecular formula is C31H43ClN8O5. The van der Waals surface area contributed by atoms with Gasteiger partial charge in [-0.15, -0.1) is 11.6 Å². The number of aromatic nitrogens is 4. The quantitative estimate of drug-likeness (QED) is 0.171. The van der Waals surface area contributed by atoms with Gasteiger partial charge in [-0.05, 0) is 59.2 Å². The van der Waals surface area contributed by atoms with Crippen LogP contribution in [-0.4, -0.2) is 97.9 Å². The highest BCUT2D eigenvalue weighted by atomic mass is 35.5. The number of anilines is 1. The van der Waals surface area contributed by atoms with Gasteiger partial charge in [-0.3, -0.25) is 24.5 Å². The van der Waals surface area contributed by atoms with E-state index in [9.17, 15) is 14.4 Å². The number of nitrogens with one attached hydrogen (secondary N) is 1. The molecule has 2 aromatic heterocycles. The van der Waals surface area contributed by atoms with Crippen LogP contribution < -0.4 is 15.8 Å². The fraction of sp³-hybridized carbons (Fsp3) is 0.516. The summed E-state index contributed by atoms with van der Waals surface area (Å²) in [7, 11) is 0. The van der Waals surface area contributed by atoms with Gasteiger partial charge in [0.25, 0.3) is 5.91 Å². The van der Waals surface area contributed by atoms with Gasteiger partial charge < -0.3 is 24.7 Å². The molecule has 1 fully saturated rings. The summed E-state index contributed by atoms with van der Waals surface area (Å²) in [4.78, 5) is 46.6. The first-order chi connectivity index (χ1) is 21.4. The van der Waals surface area contributed by atoms with E-state index in [0.29, 0.717) is 67.6 Å². The Morgan fingerprint density at radius 1 is 1.11 bits per heavy atom. The number of rotatable bonds is 12. The second-order valence-corrected chi connectivity index (χ2v) is 12.1. The molecule has 0 atom stereocenters. The van der Waals surface area contributed by atoms with Crippen molar-refractivity contribution in [3.8, 4) is 5.75 Å². The molecule has 13 nitrogen and oxygen atoms in total. The van der Waals surface area contributed by atoms with E-state index in [1.807, 2.05) is 45.3 Å². The van der Waals surface area contributed by atoms with E-state index in [0.717, 1.165) is 25.3 Å². The van der Waals surface area contributed by atoms with Gasteiger partial charge in [-0.1, -0.05) is 12.2 Å². The minimum absolute atomic E-state index is 0.245. The number of hydrogen-bond acceptors (Lipinski definition) is 8. The Balaban J connectivity index is 1.50. The molecule has 3 N–H and O–H groups in total. The molecule has 1 aromatic carbocycles. The molecule has 244 valence electrons. The van der Waals surface area contributed by atoms with Gasteiger partial charge in [0.2, 0.25) is 11.9 Å². The Hall–Kier alpha value is -4.10. The molecule has 4 rings (SSSR count). The third-order valence-corrected chi connectivity index (χ3v) is 7.37. The number of ether oxygens (including phenoxy) is 2. The Bertz CT molecular complexity index is 1550. The molecule has 1 aliphatic heterocycles. The van der Waals surface area contributed by atoms with Crippen LogP contribution in [0.15, 0.2) is 30.4 Å². The second-order valence-electron chi connectivity index (χ2n) is 11.8. The lowest BCUT2D eigenvalue weighted by Gasteiger charge is -2.35. The molecule has 0 saturated carbocycles. The van der Waals surface area contributed by atoms with Gasteiger partial charge in [0.05, 0.1) is 17.8 Å². The van der Waals surface area contributed by atoms with Crippen LogP contribution in [0.2, 0.25) is 0 Å². The van der Waals surface area contributed by atoms with Gasteiger partial charge in [-0.2, -0.15) is 5.10 Å². The number of primary amides is 1. The summed E-state index contributed by atoms with van der Waals surface area (Å²) >= 11 is 5.89. The highest BCUT2D eigenvalue weighted by Crippen LogP contribution is 2.31. The Morgan fingerprint density at radius 2 is 1.84 bits per heavy atom. The topological polar surface area (TPSA) is 150 Å². The van der Waals surface area contributed by atoms with Crippen LogP contribution in [0, 0.1) is 6.92 Å². The average molecular weight is 643 g/mol. The molecule has 1 saturated heterocycles. The number of imidazole rings is 1. The molecule has 0 bridgehead atoms. The molecule has 3 amide bonds. The summed E-state index contributed by atoms with van der Waals surface area (Å²) in [5.41, 5.74) is 7.57. The Morgan fingerprint density at radius 3 is 2.49 bits per heavy atom. The summed E-state index contributed by atoms with van der Waals surface area (Å²) in [6.45, 7) is 14.0. The number of nitrogens with zero attached hydrogens (tertiary/aromatic N) is 6. The maximum atomic E-state index is 13.3. The molecular weight excluding hydrogens is 600 g/mol. The van der Waals surface area contributed by atoms with Crippen molar-refractivity contribution in [1.82, 2.24) is 29.1 Å². The zero-order valence-electron chi connectivity index (χ0n) is 26.6. The third-order valence-electron chi connectivity index (χ3n) is 7.19. The molecule has 3 aromatic rings. The number of aryl methyl sites for hydroxylation is 2. The largest absolute Gasteiger partial charge is 0.491 e. The van der Waals surface area contributed by atoms with Crippen LogP contribution in [0.5, 0.6) is 5.75 Å². The summed E-state index contributed by atoms with van der Waals surface area (Å²) in [6.07, 6.45) is 4.09. The number of allylic oxidation sites excluding steroid dienone is 2. The maximum Gasteiger partial charge on any atom is 0.410 e. The van der Waals surface area contributed by atoms with Crippen LogP contribution in [0.25, 0.3) is 11.0 Å². The molecule has 0 spiro atoms. The van der Waals surface area contributed by atoms with Gasteiger partial charge in [0.1, 0.15) is 22.6 Å². The number of nitrogens with two attached hydrogens (primary N) is 1. The molecule has 14 heteroatoms. The van der Waals surface area contributed by atoms with Gasteiger partial charge in [0, 0.05) is 57.3 Å². The number of halogens is 1. The van der Waals surface area contributed by atoms with E-state index in [1.165, 1.54) is 0 Å². The maximum absolute atomic E-state index is 13.3. The Labute approximate surface area is 268 Å². The number of amides is 3. The number of fused-ring (bicyclic) bond motifs is 1. The predicted octanol–water partition coefficient (Wildman–Crippen LogP) is 4.03. The molecule has 0 aliphatic carbocycles. The SMILES string of the molecule is CCn1nc(C)cc1C(=O)Nc1nc2cc(C(N)=O)cc(OCCCN3CCN(C(=O)OC(C)(C)C)CC3)c2n1C/C=C/CCl. The fourth-order valence-electron chi connectivity index (χ4n) is 5.08. The first-order valence-electron chi connectivity index (χ1n) is 15.1. The highest BCUT2D eigenvalue weighted by Gasteiger charge is 2.26. The van der Waals surface area contributed by atoms with Crippen molar-refractivity contribution in [3.05, 3.63) is 47.3 Å². The van der Waals surface area contributed by atoms with E-state index < -0.39 is 11.5 Å². The van der Waals surface area contributed by atoms with Gasteiger partial charge in [-0.25, -0.2) is 9.78 Å². The standard InChI is InChI=1S/C31H43ClN8O5/c1-6-40-24(18-21(2)36-40)28(42)35-29-34-23-19-22(27(33)41)20-25(26(23)39(29)12-8-7-10-32)44-17-9-11-37-13-15-38(16-14-37)30(43)45-31(3,4)5/h7-8,18-20H,6,9-17H2,1-5H3,(H2,33,41)(H,34,35,42)/b8-7+. The van der Waals surface area contributed by atoms with Crippen molar-refractivity contribution < 1.29 is 23.9 Å². The van der Waals surface area contributed by atoms with Crippen LogP contribution in [-0.2, 0) is 17.8 Å². The molecule has 0 radical (unpaired) electrons. The Kier molecular flexibility index (Phi) is 11.1. The molecule has 1 aliphatic rings. The van der Waals surface area contributed by atoms with Crippen molar-refractivity contribution in [3.63, 3.8) is 0 Å². The van der Waals surface area contributed by atoms with Crippen molar-refractivity contribution in [1.29, 1.82) is 0 Å². The van der Waals surface area contributed by atoms with Crippen molar-refractivity contribution in [2.45, 2.75) is 59.7 Å². The second kappa shape index (κ2) is 14.8. The van der Waals surface area contributed by atoms with E-state index in [-0.39, 0.29) is 23.5 Å². The summed E-state index contributed by atoms with van der Waals surface area (Å²) in [6, 6.07) is 4.91. The highest BCUT2D eigenvalue weighted by molar-refractivity contribution is 6.18. The first-order valence-corrected chi connectivity index (χ1v) is 15.7. The van der Waals surface area contributed by atoms with Crippen LogP contribution in [0.4, 0.5) is 10.7 Å². The predicted molar refractivity (Wildman–Crippen MR) is 173 cm³/mol. The van der Waals surface area contributed by atoms with E-state index >= 15 is 0 Å². The average Bonchev–Trinajstić information content (AvgIpc) is 3.54. The zero-order chi connectivity index (χ0) is 32.7. The van der Waals surface area contributed by atoms with E-state index in [4.69, 9.17) is 26.8 Å². The lowest BCUT2D eigenvalue weighted by molar-refractivity contribution is 0.0142. The summed E-state index contributed by atoms with van der Waals surface area (Å²) < 4.78 is 15.2. The van der Waals surface area contributed by atoms with Gasteiger partial charge in [0.15, 0.2) is 0 Å². The van der Waals surface area contributed by atoms with Crippen molar-refractivity contribution >= 4 is 46.5 Å². The van der Waals surface area contributed by atoms with Gasteiger partial charge >= 0.3 is 6.09 Å². The number of piperazine rings is 1. The molecule has 3 heterocycles. The molecule has 45 heavy (non-hydrogen) atoms. The van der Waals surface area contributed by atoms with E-state index in [2.05, 4.69) is 20.3 Å². The minimum atomic E-state index is -0.617. The number of carbonyl (C=O) groups excluding carboxylic acids is 3. The number of carbonyl (C=O) groups is 3. The fourth-order valence-corrected chi connectivity index (χ4v) is 5.21. The smallest absolute Gasteiger partial charge is 0.410 e. The minimum Gasteiger partial charge on any atom is -0.491 e. The van der Waals surface area contributed by atoms with Crippen molar-refractivity contribution in [2.24, 2.45) is 5.73 Å². The van der Waals surface area contributed by atoms with Crippen LogP contribution in [0.3, 0.4) is 0 Å². The third kappa shape index (κ3) is 8.76. The monoisotopic (exact) mass is 642 g/mol. The lowest BCUT2D eigenvalue weighted by Crippen LogP contribution is -2.50.